The number of benzene rings is 1. The summed E-state index contributed by atoms with van der Waals surface area (Å²) in [4.78, 5) is 41.3. The van der Waals surface area contributed by atoms with E-state index in [0.717, 1.165) is 51.6 Å². The minimum absolute atomic E-state index is 0.0244. The minimum atomic E-state index is -1.79. The van der Waals surface area contributed by atoms with Gasteiger partial charge in [-0.25, -0.2) is 8.78 Å². The van der Waals surface area contributed by atoms with Crippen LogP contribution in [0.25, 0.3) is 0 Å². The number of carbonyl (C=O) groups is 3. The van der Waals surface area contributed by atoms with E-state index in [0.29, 0.717) is 25.4 Å². The molecule has 1 spiro atoms. The van der Waals surface area contributed by atoms with E-state index in [1.54, 1.807) is 0 Å². The van der Waals surface area contributed by atoms with E-state index in [9.17, 15) is 31.9 Å². The molecule has 0 saturated carbocycles. The Labute approximate surface area is 301 Å². The smallest absolute Gasteiger partial charge is 0.313 e. The molecule has 2 fully saturated rings. The van der Waals surface area contributed by atoms with Crippen molar-refractivity contribution in [1.82, 2.24) is 9.80 Å². The number of nitrogens with zero attached hydrogens (tertiary/aromatic N) is 2. The van der Waals surface area contributed by atoms with Crippen molar-refractivity contribution in [3.05, 3.63) is 29.3 Å². The summed E-state index contributed by atoms with van der Waals surface area (Å²) in [5.74, 6) is -9.15. The summed E-state index contributed by atoms with van der Waals surface area (Å²) in [5, 5.41) is 0. The predicted molar refractivity (Wildman–Crippen MR) is 187 cm³/mol. The van der Waals surface area contributed by atoms with Gasteiger partial charge in [-0.15, -0.1) is 0 Å². The van der Waals surface area contributed by atoms with E-state index in [4.69, 9.17) is 9.47 Å². The maximum absolute atomic E-state index is 13.6. The lowest BCUT2D eigenvalue weighted by Crippen LogP contribution is -2.49. The molecule has 8 nitrogen and oxygen atoms in total. The molecular formula is C39H60F4N2O6. The van der Waals surface area contributed by atoms with Crippen LogP contribution in [0.1, 0.15) is 135 Å². The molecular weight excluding hydrogens is 668 g/mol. The molecule has 12 heteroatoms. The van der Waals surface area contributed by atoms with Crippen LogP contribution in [0.15, 0.2) is 6.07 Å². The van der Waals surface area contributed by atoms with E-state index in [2.05, 4.69) is 11.7 Å². The van der Waals surface area contributed by atoms with Crippen LogP contribution < -0.4 is 4.74 Å². The van der Waals surface area contributed by atoms with Crippen LogP contribution in [-0.2, 0) is 23.9 Å². The van der Waals surface area contributed by atoms with E-state index in [1.807, 2.05) is 9.80 Å². The maximum atomic E-state index is 13.6. The van der Waals surface area contributed by atoms with Gasteiger partial charge in [-0.3, -0.25) is 14.4 Å². The fourth-order valence-corrected chi connectivity index (χ4v) is 7.01. The Balaban J connectivity index is 1.15. The van der Waals surface area contributed by atoms with Gasteiger partial charge in [0.05, 0.1) is 39.3 Å². The largest absolute Gasteiger partial charge is 0.420 e. The summed E-state index contributed by atoms with van der Waals surface area (Å²) in [7, 11) is 0. The Kier molecular flexibility index (Phi) is 19.9. The standard InChI is InChI=1S/C39H60F4N2O6/c1-2-3-4-5-6-7-8-9-10-11-12-13-14-15-33(46)44-22-18-39(19-23-44)20-24-45(25-21-39)34(47)16-26-49-28-29-50-27-17-35(48)51-38-36(42)31(40)30-32(41)37(38)43/h30H,2-29H2,1H3. The SMILES string of the molecule is CCCCCCCCCCCCCCCC(=O)N1CCC2(CC1)CCN(C(=O)CCOCCOCCC(=O)Oc1c(F)c(F)cc(F)c1F)CC2. The number of carbonyl (C=O) groups excluding carboxylic acids is 3. The number of amides is 2. The first kappa shape index (κ1) is 42.7. The molecule has 0 radical (unpaired) electrons. The average molecular weight is 729 g/mol. The predicted octanol–water partition coefficient (Wildman–Crippen LogP) is 8.67. The number of rotatable bonds is 24. The second kappa shape index (κ2) is 23.8. The van der Waals surface area contributed by atoms with Crippen molar-refractivity contribution in [2.24, 2.45) is 5.41 Å². The van der Waals surface area contributed by atoms with Gasteiger partial charge in [-0.05, 0) is 37.5 Å². The van der Waals surface area contributed by atoms with Gasteiger partial charge in [0, 0.05) is 38.7 Å². The number of esters is 1. The van der Waals surface area contributed by atoms with Crippen molar-refractivity contribution in [3.8, 4) is 5.75 Å². The van der Waals surface area contributed by atoms with Crippen LogP contribution in [0.2, 0.25) is 0 Å². The van der Waals surface area contributed by atoms with Crippen molar-refractivity contribution in [1.29, 1.82) is 0 Å². The average Bonchev–Trinajstić information content (AvgIpc) is 3.12. The molecule has 0 N–H and O–H groups in total. The molecule has 0 unspecified atom stereocenters. The Morgan fingerprint density at radius 3 is 1.47 bits per heavy atom. The number of likely N-dealkylation sites (tertiary alicyclic amines) is 2. The van der Waals surface area contributed by atoms with Crippen molar-refractivity contribution < 1.29 is 46.2 Å². The molecule has 1 aromatic rings. The molecule has 0 atom stereocenters. The van der Waals surface area contributed by atoms with Crippen molar-refractivity contribution in [2.75, 3.05) is 52.6 Å². The van der Waals surface area contributed by atoms with Crippen molar-refractivity contribution in [2.45, 2.75) is 135 Å². The highest BCUT2D eigenvalue weighted by Gasteiger charge is 2.39. The van der Waals surface area contributed by atoms with Gasteiger partial charge < -0.3 is 24.0 Å². The van der Waals surface area contributed by atoms with Gasteiger partial charge in [-0.2, -0.15) is 8.78 Å². The zero-order chi connectivity index (χ0) is 36.9. The quantitative estimate of drug-likeness (QED) is 0.0348. The minimum Gasteiger partial charge on any atom is -0.420 e. The van der Waals surface area contributed by atoms with E-state index in [-0.39, 0.29) is 50.2 Å². The Hall–Kier alpha value is -2.73. The fourth-order valence-electron chi connectivity index (χ4n) is 7.01. The fraction of sp³-hybridized carbons (Fsp3) is 0.769. The third kappa shape index (κ3) is 15.4. The molecule has 290 valence electrons. The van der Waals surface area contributed by atoms with Gasteiger partial charge in [0.1, 0.15) is 0 Å². The van der Waals surface area contributed by atoms with E-state index < -0.39 is 41.4 Å². The summed E-state index contributed by atoms with van der Waals surface area (Å²) in [5.41, 5.74) is 0.207. The number of hydrogen-bond acceptors (Lipinski definition) is 6. The third-order valence-electron chi connectivity index (χ3n) is 10.4. The molecule has 2 aliphatic rings. The summed E-state index contributed by atoms with van der Waals surface area (Å²) in [6.07, 6.45) is 21.3. The lowest BCUT2D eigenvalue weighted by atomic mass is 9.71. The van der Waals surface area contributed by atoms with Crippen LogP contribution in [0.5, 0.6) is 5.75 Å². The molecule has 2 amide bonds. The molecule has 2 saturated heterocycles. The number of piperidine rings is 2. The normalized spacial score (nSPS) is 15.8. The molecule has 2 heterocycles. The first-order valence-corrected chi connectivity index (χ1v) is 19.4. The maximum Gasteiger partial charge on any atom is 0.313 e. The molecule has 0 bridgehead atoms. The van der Waals surface area contributed by atoms with E-state index in [1.165, 1.54) is 70.6 Å². The Morgan fingerprint density at radius 2 is 1.00 bits per heavy atom. The summed E-state index contributed by atoms with van der Waals surface area (Å²) in [6, 6.07) is 0.0244. The van der Waals surface area contributed by atoms with Crippen LogP contribution in [0.4, 0.5) is 17.6 Å². The lowest BCUT2D eigenvalue weighted by Gasteiger charge is -2.47. The van der Waals surface area contributed by atoms with Crippen molar-refractivity contribution >= 4 is 17.8 Å². The first-order chi connectivity index (χ1) is 24.7. The van der Waals surface area contributed by atoms with Gasteiger partial charge in [0.2, 0.25) is 29.2 Å². The van der Waals surface area contributed by atoms with Crippen LogP contribution in [0.3, 0.4) is 0 Å². The summed E-state index contributed by atoms with van der Waals surface area (Å²) in [6.45, 7) is 5.62. The second-order valence-corrected chi connectivity index (χ2v) is 14.3. The number of ether oxygens (including phenoxy) is 3. The second-order valence-electron chi connectivity index (χ2n) is 14.3. The van der Waals surface area contributed by atoms with Crippen molar-refractivity contribution in [3.63, 3.8) is 0 Å². The number of unbranched alkanes of at least 4 members (excludes halogenated alkanes) is 12. The van der Waals surface area contributed by atoms with Crippen LogP contribution in [0, 0.1) is 28.7 Å². The zero-order valence-corrected chi connectivity index (χ0v) is 30.7. The molecule has 1 aromatic carbocycles. The highest BCUT2D eigenvalue weighted by molar-refractivity contribution is 5.77. The Bertz CT molecular complexity index is 1170. The van der Waals surface area contributed by atoms with Gasteiger partial charge in [-0.1, -0.05) is 84.0 Å². The highest BCUT2D eigenvalue weighted by Crippen LogP contribution is 2.41. The summed E-state index contributed by atoms with van der Waals surface area (Å²) >= 11 is 0. The monoisotopic (exact) mass is 728 g/mol. The van der Waals surface area contributed by atoms with Crippen LogP contribution >= 0.6 is 0 Å². The molecule has 0 aliphatic carbocycles. The van der Waals surface area contributed by atoms with E-state index >= 15 is 0 Å². The van der Waals surface area contributed by atoms with Gasteiger partial charge in [0.25, 0.3) is 0 Å². The lowest BCUT2D eigenvalue weighted by molar-refractivity contribution is -0.138. The molecule has 51 heavy (non-hydrogen) atoms. The highest BCUT2D eigenvalue weighted by atomic mass is 19.2. The van der Waals surface area contributed by atoms with Gasteiger partial charge >= 0.3 is 5.97 Å². The Morgan fingerprint density at radius 1 is 0.588 bits per heavy atom. The first-order valence-electron chi connectivity index (χ1n) is 19.4. The zero-order valence-electron chi connectivity index (χ0n) is 30.7. The third-order valence-corrected chi connectivity index (χ3v) is 10.4. The number of hydrogen-bond donors (Lipinski definition) is 0. The van der Waals surface area contributed by atoms with Crippen LogP contribution in [-0.4, -0.2) is 80.2 Å². The van der Waals surface area contributed by atoms with Gasteiger partial charge in [0.15, 0.2) is 11.6 Å². The summed E-state index contributed by atoms with van der Waals surface area (Å²) < 4.78 is 68.8. The molecule has 3 rings (SSSR count). The molecule has 2 aliphatic heterocycles. The molecule has 0 aromatic heterocycles. The topological polar surface area (TPSA) is 85.4 Å². The number of halogens is 4.